The highest BCUT2D eigenvalue weighted by atomic mass is 16.4. The Morgan fingerprint density at radius 2 is 1.56 bits per heavy atom. The van der Waals surface area contributed by atoms with Crippen molar-refractivity contribution in [3.8, 4) is 0 Å². The van der Waals surface area contributed by atoms with Crippen LogP contribution in [0.25, 0.3) is 0 Å². The molecule has 1 heterocycles. The van der Waals surface area contributed by atoms with Gasteiger partial charge in [0.15, 0.2) is 0 Å². The van der Waals surface area contributed by atoms with E-state index in [2.05, 4.69) is 37.7 Å². The van der Waals surface area contributed by atoms with Crippen molar-refractivity contribution in [2.24, 2.45) is 0 Å². The summed E-state index contributed by atoms with van der Waals surface area (Å²) in [5.74, 6) is -1.30. The molecule has 0 saturated heterocycles. The molecule has 1 aromatic carbocycles. The highest BCUT2D eigenvalue weighted by Gasteiger charge is 2.02. The van der Waals surface area contributed by atoms with E-state index in [4.69, 9.17) is 15.9 Å². The number of nitrogens with two attached hydrogens (primary N) is 1. The topological polar surface area (TPSA) is 163 Å². The minimum atomic E-state index is -1.26. The first-order chi connectivity index (χ1) is 12.9. The quantitative estimate of drug-likeness (QED) is 0.425. The summed E-state index contributed by atoms with van der Waals surface area (Å²) in [5, 5.41) is 21.8. The SMILES string of the molecule is CCNc1nc(N)nc(NCCc2ccccc2)n1.O=C(O)/C=C/C(=O)O. The smallest absolute Gasteiger partial charge is 0.328 e. The minimum absolute atomic E-state index is 0.216. The van der Waals surface area contributed by atoms with E-state index in [1.807, 2.05) is 25.1 Å². The second-order valence-corrected chi connectivity index (χ2v) is 5.04. The molecule has 0 bridgehead atoms. The molecule has 0 aliphatic heterocycles. The van der Waals surface area contributed by atoms with Gasteiger partial charge in [-0.25, -0.2) is 9.59 Å². The molecule has 0 atom stereocenters. The molecule has 0 amide bonds. The average molecular weight is 374 g/mol. The maximum atomic E-state index is 9.55. The lowest BCUT2D eigenvalue weighted by Gasteiger charge is -2.07. The molecule has 0 radical (unpaired) electrons. The summed E-state index contributed by atoms with van der Waals surface area (Å²) in [4.78, 5) is 31.4. The Morgan fingerprint density at radius 3 is 2.07 bits per heavy atom. The van der Waals surface area contributed by atoms with Crippen LogP contribution in [0, 0.1) is 0 Å². The Balaban J connectivity index is 0.000000387. The number of carbonyl (C=O) groups is 2. The lowest BCUT2D eigenvalue weighted by atomic mass is 10.1. The van der Waals surface area contributed by atoms with Gasteiger partial charge in [0, 0.05) is 25.2 Å². The number of rotatable bonds is 8. The number of hydrogen-bond acceptors (Lipinski definition) is 8. The summed E-state index contributed by atoms with van der Waals surface area (Å²) in [6.45, 7) is 3.47. The van der Waals surface area contributed by atoms with Crippen LogP contribution in [0.15, 0.2) is 42.5 Å². The van der Waals surface area contributed by atoms with Crippen molar-refractivity contribution in [1.82, 2.24) is 15.0 Å². The van der Waals surface area contributed by atoms with E-state index >= 15 is 0 Å². The van der Waals surface area contributed by atoms with E-state index in [1.54, 1.807) is 0 Å². The van der Waals surface area contributed by atoms with Gasteiger partial charge >= 0.3 is 11.9 Å². The second kappa shape index (κ2) is 11.8. The van der Waals surface area contributed by atoms with Crippen LogP contribution in [0.2, 0.25) is 0 Å². The molecule has 10 nitrogen and oxygen atoms in total. The van der Waals surface area contributed by atoms with Gasteiger partial charge in [-0.05, 0) is 18.9 Å². The van der Waals surface area contributed by atoms with Crippen LogP contribution in [0.5, 0.6) is 0 Å². The van der Waals surface area contributed by atoms with Crippen molar-refractivity contribution in [3.05, 3.63) is 48.0 Å². The number of nitrogens with one attached hydrogen (secondary N) is 2. The number of carboxylic acid groups (broad SMARTS) is 2. The van der Waals surface area contributed by atoms with Crippen molar-refractivity contribution in [2.75, 3.05) is 29.5 Å². The number of benzene rings is 1. The summed E-state index contributed by atoms with van der Waals surface area (Å²) >= 11 is 0. The van der Waals surface area contributed by atoms with E-state index in [0.29, 0.717) is 24.0 Å². The third-order valence-corrected chi connectivity index (χ3v) is 2.90. The van der Waals surface area contributed by atoms with E-state index in [0.717, 1.165) is 19.5 Å². The van der Waals surface area contributed by atoms with Gasteiger partial charge in [-0.15, -0.1) is 0 Å². The highest BCUT2D eigenvalue weighted by molar-refractivity contribution is 5.89. The van der Waals surface area contributed by atoms with Gasteiger partial charge in [-0.3, -0.25) is 0 Å². The van der Waals surface area contributed by atoms with Gasteiger partial charge in [-0.2, -0.15) is 15.0 Å². The zero-order valence-electron chi connectivity index (χ0n) is 14.8. The average Bonchev–Trinajstić information content (AvgIpc) is 2.61. The number of aromatic nitrogens is 3. The van der Waals surface area contributed by atoms with Crippen LogP contribution in [0.3, 0.4) is 0 Å². The van der Waals surface area contributed by atoms with Crippen LogP contribution in [-0.4, -0.2) is 50.2 Å². The maximum Gasteiger partial charge on any atom is 0.328 e. The monoisotopic (exact) mass is 374 g/mol. The normalized spacial score (nSPS) is 9.96. The lowest BCUT2D eigenvalue weighted by Crippen LogP contribution is -2.12. The molecule has 2 aromatic rings. The summed E-state index contributed by atoms with van der Waals surface area (Å²) in [6.07, 6.45) is 2.02. The zero-order valence-corrected chi connectivity index (χ0v) is 14.8. The van der Waals surface area contributed by atoms with Crippen molar-refractivity contribution >= 4 is 29.8 Å². The Bertz CT molecular complexity index is 751. The fraction of sp³-hybridized carbons (Fsp3) is 0.235. The van der Waals surface area contributed by atoms with Crippen LogP contribution < -0.4 is 16.4 Å². The molecule has 0 aliphatic rings. The molecule has 27 heavy (non-hydrogen) atoms. The number of nitrogen functional groups attached to an aromatic ring is 1. The maximum absolute atomic E-state index is 9.55. The van der Waals surface area contributed by atoms with Crippen LogP contribution in [0.4, 0.5) is 17.8 Å². The Labute approximate surface area is 156 Å². The number of carboxylic acids is 2. The van der Waals surface area contributed by atoms with Gasteiger partial charge in [0.1, 0.15) is 0 Å². The third kappa shape index (κ3) is 10.0. The predicted octanol–water partition coefficient (Wildman–Crippen LogP) is 1.25. The fourth-order valence-electron chi connectivity index (χ4n) is 1.81. The molecule has 0 unspecified atom stereocenters. The molecule has 0 aliphatic carbocycles. The van der Waals surface area contributed by atoms with Gasteiger partial charge in [0.05, 0.1) is 0 Å². The Kier molecular flexibility index (Phi) is 9.33. The highest BCUT2D eigenvalue weighted by Crippen LogP contribution is 2.07. The molecule has 0 spiro atoms. The molecule has 10 heteroatoms. The van der Waals surface area contributed by atoms with Crippen molar-refractivity contribution in [3.63, 3.8) is 0 Å². The molecule has 0 saturated carbocycles. The van der Waals surface area contributed by atoms with Gasteiger partial charge < -0.3 is 26.6 Å². The van der Waals surface area contributed by atoms with Crippen LogP contribution in [-0.2, 0) is 16.0 Å². The molecule has 144 valence electrons. The number of nitrogens with zero attached hydrogens (tertiary/aromatic N) is 3. The predicted molar refractivity (Wildman–Crippen MR) is 101 cm³/mol. The van der Waals surface area contributed by atoms with Crippen molar-refractivity contribution in [2.45, 2.75) is 13.3 Å². The second-order valence-electron chi connectivity index (χ2n) is 5.04. The summed E-state index contributed by atoms with van der Waals surface area (Å²) in [6, 6.07) is 10.2. The number of aliphatic carboxylic acids is 2. The summed E-state index contributed by atoms with van der Waals surface area (Å²) in [5.41, 5.74) is 6.90. The van der Waals surface area contributed by atoms with E-state index in [-0.39, 0.29) is 5.95 Å². The van der Waals surface area contributed by atoms with E-state index < -0.39 is 11.9 Å². The first-order valence-electron chi connectivity index (χ1n) is 8.07. The minimum Gasteiger partial charge on any atom is -0.478 e. The molecular weight excluding hydrogens is 352 g/mol. The van der Waals surface area contributed by atoms with Gasteiger partial charge in [0.2, 0.25) is 17.8 Å². The first-order valence-corrected chi connectivity index (χ1v) is 8.07. The largest absolute Gasteiger partial charge is 0.478 e. The summed E-state index contributed by atoms with van der Waals surface area (Å²) < 4.78 is 0. The van der Waals surface area contributed by atoms with Crippen LogP contribution >= 0.6 is 0 Å². The first kappa shape index (κ1) is 21.4. The molecule has 2 rings (SSSR count). The van der Waals surface area contributed by atoms with Gasteiger partial charge in [0.25, 0.3) is 0 Å². The molecule has 0 fully saturated rings. The fourth-order valence-corrected chi connectivity index (χ4v) is 1.81. The Morgan fingerprint density at radius 1 is 1.00 bits per heavy atom. The van der Waals surface area contributed by atoms with Crippen LogP contribution in [0.1, 0.15) is 12.5 Å². The van der Waals surface area contributed by atoms with Crippen molar-refractivity contribution in [1.29, 1.82) is 0 Å². The summed E-state index contributed by atoms with van der Waals surface area (Å²) in [7, 11) is 0. The van der Waals surface area contributed by atoms with E-state index in [1.165, 1.54) is 5.56 Å². The molecule has 1 aromatic heterocycles. The number of anilines is 3. The van der Waals surface area contributed by atoms with Crippen molar-refractivity contribution < 1.29 is 19.8 Å². The lowest BCUT2D eigenvalue weighted by molar-refractivity contribution is -0.134. The molecule has 6 N–H and O–H groups in total. The third-order valence-electron chi connectivity index (χ3n) is 2.90. The molecular formula is C17H22N6O4. The van der Waals surface area contributed by atoms with Gasteiger partial charge in [-0.1, -0.05) is 30.3 Å². The Hall–Kier alpha value is -3.69. The zero-order chi connectivity index (χ0) is 20.1. The standard InChI is InChI=1S/C13H18N6.C4H4O4/c1-2-15-12-17-11(14)18-13(19-12)16-9-8-10-6-4-3-5-7-10;5-3(6)1-2-4(7)8/h3-7H,2,8-9H2,1H3,(H4,14,15,16,17,18,19);1-2H,(H,5,6)(H,7,8)/b;2-1+. The van der Waals surface area contributed by atoms with E-state index in [9.17, 15) is 9.59 Å². The number of hydrogen-bond donors (Lipinski definition) is 5.